The molecule has 29 heavy (non-hydrogen) atoms. The molecule has 0 bridgehead atoms. The first kappa shape index (κ1) is 18.5. The fourth-order valence-electron chi connectivity index (χ4n) is 3.96. The van der Waals surface area contributed by atoms with Crippen molar-refractivity contribution >= 4 is 60.7 Å². The predicted molar refractivity (Wildman–Crippen MR) is 117 cm³/mol. The highest BCUT2D eigenvalue weighted by molar-refractivity contribution is 7.19. The molecular formula is C20H21N5O2S2. The van der Waals surface area contributed by atoms with E-state index in [0.29, 0.717) is 6.54 Å². The number of aliphatic hydroxyl groups is 1. The summed E-state index contributed by atoms with van der Waals surface area (Å²) in [5.41, 5.74) is 3.43. The van der Waals surface area contributed by atoms with Gasteiger partial charge in [-0.2, -0.15) is 0 Å². The summed E-state index contributed by atoms with van der Waals surface area (Å²) in [5, 5.41) is 13.7. The number of nitrogens with one attached hydrogen (secondary N) is 2. The van der Waals surface area contributed by atoms with Crippen molar-refractivity contribution < 1.29 is 9.90 Å². The van der Waals surface area contributed by atoms with Crippen LogP contribution >= 0.6 is 22.9 Å². The number of thiophene rings is 1. The Morgan fingerprint density at radius 1 is 1.41 bits per heavy atom. The topological polar surface area (TPSA) is 94.1 Å². The van der Waals surface area contributed by atoms with Crippen LogP contribution in [0.3, 0.4) is 0 Å². The SMILES string of the molecule is CN(CCO)C(=O)[C@H]1CCc2c(sc3ncnc(Nc4ccc5[nH]sc5c4)c23)C1. The molecule has 0 fully saturated rings. The third kappa shape index (κ3) is 3.29. The number of aromatic nitrogens is 3. The number of hydrogen-bond donors (Lipinski definition) is 3. The molecule has 4 aromatic rings. The molecule has 3 heterocycles. The third-order valence-electron chi connectivity index (χ3n) is 5.52. The van der Waals surface area contributed by atoms with Crippen LogP contribution < -0.4 is 5.32 Å². The molecule has 1 amide bonds. The lowest BCUT2D eigenvalue weighted by Gasteiger charge is -2.26. The second-order valence-corrected chi connectivity index (χ2v) is 9.30. The number of fused-ring (bicyclic) bond motifs is 4. The van der Waals surface area contributed by atoms with E-state index in [-0.39, 0.29) is 18.4 Å². The van der Waals surface area contributed by atoms with Gasteiger partial charge in [-0.15, -0.1) is 11.3 Å². The molecule has 0 radical (unpaired) electrons. The van der Waals surface area contributed by atoms with Gasteiger partial charge in [0.1, 0.15) is 17.0 Å². The number of benzene rings is 1. The Morgan fingerprint density at radius 3 is 3.07 bits per heavy atom. The normalized spacial score (nSPS) is 16.3. The van der Waals surface area contributed by atoms with E-state index in [2.05, 4.69) is 31.8 Å². The zero-order chi connectivity index (χ0) is 20.0. The van der Waals surface area contributed by atoms with E-state index in [9.17, 15) is 4.79 Å². The Kier molecular flexibility index (Phi) is 4.73. The van der Waals surface area contributed by atoms with Crippen molar-refractivity contribution in [3.8, 4) is 0 Å². The van der Waals surface area contributed by atoms with Crippen LogP contribution in [0, 0.1) is 5.92 Å². The van der Waals surface area contributed by atoms with Crippen LogP contribution in [0.2, 0.25) is 0 Å². The third-order valence-corrected chi connectivity index (χ3v) is 7.56. The van der Waals surface area contributed by atoms with Crippen molar-refractivity contribution in [3.05, 3.63) is 35.0 Å². The molecule has 3 aromatic heterocycles. The van der Waals surface area contributed by atoms with Crippen molar-refractivity contribution in [2.24, 2.45) is 5.92 Å². The Hall–Kier alpha value is -2.49. The molecule has 0 saturated carbocycles. The van der Waals surface area contributed by atoms with Crippen LogP contribution in [0.25, 0.3) is 20.4 Å². The summed E-state index contributed by atoms with van der Waals surface area (Å²) in [4.78, 5) is 25.5. The van der Waals surface area contributed by atoms with Gasteiger partial charge < -0.3 is 19.7 Å². The average Bonchev–Trinajstić information content (AvgIpc) is 3.08. The number of aromatic amines is 1. The number of amides is 1. The molecule has 0 spiro atoms. The van der Waals surface area contributed by atoms with E-state index < -0.39 is 0 Å². The Labute approximate surface area is 175 Å². The van der Waals surface area contributed by atoms with Crippen molar-refractivity contribution in [1.82, 2.24) is 19.2 Å². The Bertz CT molecular complexity index is 1190. The number of aryl methyl sites for hydroxylation is 1. The van der Waals surface area contributed by atoms with E-state index in [1.807, 2.05) is 6.07 Å². The quantitative estimate of drug-likeness (QED) is 0.453. The number of likely N-dealkylation sites (N-methyl/N-ethyl adjacent to an activating group) is 1. The summed E-state index contributed by atoms with van der Waals surface area (Å²) in [7, 11) is 1.76. The molecule has 0 unspecified atom stereocenters. The predicted octanol–water partition coefficient (Wildman–Crippen LogP) is 3.53. The van der Waals surface area contributed by atoms with Gasteiger partial charge >= 0.3 is 0 Å². The van der Waals surface area contributed by atoms with Gasteiger partial charge in [-0.1, -0.05) is 11.5 Å². The lowest BCUT2D eigenvalue weighted by Crippen LogP contribution is -2.37. The number of carbonyl (C=O) groups excluding carboxylic acids is 1. The van der Waals surface area contributed by atoms with Crippen molar-refractivity contribution in [1.29, 1.82) is 0 Å². The largest absolute Gasteiger partial charge is 0.395 e. The molecule has 1 atom stereocenters. The summed E-state index contributed by atoms with van der Waals surface area (Å²) >= 11 is 3.28. The van der Waals surface area contributed by atoms with Crippen molar-refractivity contribution in [2.75, 3.05) is 25.5 Å². The van der Waals surface area contributed by atoms with E-state index in [4.69, 9.17) is 5.11 Å². The summed E-state index contributed by atoms with van der Waals surface area (Å²) in [6.07, 6.45) is 3.97. The zero-order valence-corrected chi connectivity index (χ0v) is 17.6. The van der Waals surface area contributed by atoms with Crippen LogP contribution in [-0.2, 0) is 17.6 Å². The van der Waals surface area contributed by atoms with E-state index in [0.717, 1.165) is 46.5 Å². The van der Waals surface area contributed by atoms with Crippen LogP contribution in [-0.4, -0.2) is 50.5 Å². The van der Waals surface area contributed by atoms with E-state index in [1.54, 1.807) is 41.1 Å². The number of anilines is 2. The van der Waals surface area contributed by atoms with Gasteiger partial charge in [0.05, 0.1) is 22.2 Å². The minimum atomic E-state index is -0.0334. The molecule has 150 valence electrons. The van der Waals surface area contributed by atoms with Crippen LogP contribution in [0.15, 0.2) is 24.5 Å². The standard InChI is InChI=1S/C20H21N5O2S2/c1-25(6-7-26)20(27)11-2-4-13-15(8-11)28-19-17(13)18(21-10-22-19)23-12-3-5-14-16(9-12)29-24-14/h3,5,9-11,24,26H,2,4,6-8H2,1H3,(H,21,22,23)/t11-/m0/s1. The molecule has 3 N–H and O–H groups in total. The van der Waals surface area contributed by atoms with Crippen LogP contribution in [0.4, 0.5) is 11.5 Å². The fourth-order valence-corrected chi connectivity index (χ4v) is 5.88. The Morgan fingerprint density at radius 2 is 2.31 bits per heavy atom. The minimum Gasteiger partial charge on any atom is -0.395 e. The summed E-state index contributed by atoms with van der Waals surface area (Å²) < 4.78 is 4.42. The molecule has 0 saturated heterocycles. The number of nitrogens with zero attached hydrogens (tertiary/aromatic N) is 3. The minimum absolute atomic E-state index is 0.00895. The number of carbonyl (C=O) groups is 1. The molecule has 1 aromatic carbocycles. The number of H-pyrrole nitrogens is 1. The van der Waals surface area contributed by atoms with Gasteiger partial charge in [-0.05, 0) is 43.0 Å². The zero-order valence-electron chi connectivity index (χ0n) is 15.9. The first-order chi connectivity index (χ1) is 14.1. The fraction of sp³-hybridized carbons (Fsp3) is 0.350. The first-order valence-corrected chi connectivity index (χ1v) is 11.2. The maximum absolute atomic E-state index is 12.7. The average molecular weight is 428 g/mol. The first-order valence-electron chi connectivity index (χ1n) is 9.59. The lowest BCUT2D eigenvalue weighted by atomic mass is 9.87. The lowest BCUT2D eigenvalue weighted by molar-refractivity contribution is -0.135. The van der Waals surface area contributed by atoms with Crippen molar-refractivity contribution in [2.45, 2.75) is 19.3 Å². The van der Waals surface area contributed by atoms with Crippen molar-refractivity contribution in [3.63, 3.8) is 0 Å². The Balaban J connectivity index is 1.45. The maximum atomic E-state index is 12.7. The van der Waals surface area contributed by atoms with E-state index in [1.165, 1.54) is 15.1 Å². The highest BCUT2D eigenvalue weighted by atomic mass is 32.1. The second kappa shape index (κ2) is 7.40. The molecule has 7 nitrogen and oxygen atoms in total. The molecule has 9 heteroatoms. The van der Waals surface area contributed by atoms with Gasteiger partial charge in [-0.3, -0.25) is 4.79 Å². The molecule has 1 aliphatic carbocycles. The summed E-state index contributed by atoms with van der Waals surface area (Å²) in [5.74, 6) is 0.903. The molecule has 0 aliphatic heterocycles. The van der Waals surface area contributed by atoms with Gasteiger partial charge in [0.2, 0.25) is 5.91 Å². The maximum Gasteiger partial charge on any atom is 0.225 e. The molecule has 1 aliphatic rings. The number of aliphatic hydroxyl groups excluding tert-OH is 1. The highest BCUT2D eigenvalue weighted by Gasteiger charge is 2.30. The van der Waals surface area contributed by atoms with Crippen LogP contribution in [0.5, 0.6) is 0 Å². The summed E-state index contributed by atoms with van der Waals surface area (Å²) in [6.45, 7) is 0.369. The number of rotatable bonds is 5. The molecular weight excluding hydrogens is 406 g/mol. The van der Waals surface area contributed by atoms with Gasteiger partial charge in [-0.25, -0.2) is 9.97 Å². The molecule has 5 rings (SSSR count). The second-order valence-electron chi connectivity index (χ2n) is 7.37. The number of hydrogen-bond acceptors (Lipinski definition) is 7. The van der Waals surface area contributed by atoms with Gasteiger partial charge in [0.25, 0.3) is 0 Å². The van der Waals surface area contributed by atoms with Crippen LogP contribution in [0.1, 0.15) is 16.9 Å². The highest BCUT2D eigenvalue weighted by Crippen LogP contribution is 2.41. The van der Waals surface area contributed by atoms with Gasteiger partial charge in [0, 0.05) is 30.1 Å². The summed E-state index contributed by atoms with van der Waals surface area (Å²) in [6, 6.07) is 6.23. The van der Waals surface area contributed by atoms with Gasteiger partial charge in [0.15, 0.2) is 0 Å². The monoisotopic (exact) mass is 427 g/mol. The van der Waals surface area contributed by atoms with E-state index >= 15 is 0 Å². The smallest absolute Gasteiger partial charge is 0.225 e.